The van der Waals surface area contributed by atoms with E-state index in [0.29, 0.717) is 49.1 Å². The molecule has 2 N–H and O–H groups in total. The van der Waals surface area contributed by atoms with Gasteiger partial charge in [-0.3, -0.25) is 9.52 Å². The minimum atomic E-state index is -3.96. The summed E-state index contributed by atoms with van der Waals surface area (Å²) in [7, 11) is -2.47. The molecule has 1 amide bonds. The van der Waals surface area contributed by atoms with Crippen LogP contribution in [-0.2, 0) is 19.6 Å². The Hall–Kier alpha value is -2.78. The molecule has 1 saturated heterocycles. The van der Waals surface area contributed by atoms with Crippen LogP contribution in [-0.4, -0.2) is 47.7 Å². The number of carbonyl (C=O) groups excluding carboxylic acids is 1. The summed E-state index contributed by atoms with van der Waals surface area (Å²) < 4.78 is 40.2. The molecule has 1 heterocycles. The van der Waals surface area contributed by atoms with E-state index in [9.17, 15) is 13.2 Å². The molecule has 4 rings (SSSR count). The first kappa shape index (κ1) is 21.5. The standard InChI is InChI=1S/C22H27N3O5S/c1-29-20-8-3-2-7-18(20)24-31(27,28)21-15-17(23-22(26)16-5-4-6-16)9-10-19(21)25-11-13-30-14-12-25/h2-3,7-10,15-16,24H,4-6,11-14H2,1H3,(H,23,26). The van der Waals surface area contributed by atoms with Crippen LogP contribution < -0.4 is 19.7 Å². The number of benzene rings is 2. The van der Waals surface area contributed by atoms with Crippen LogP contribution in [0, 0.1) is 5.92 Å². The second-order valence-corrected chi connectivity index (χ2v) is 9.36. The maximum absolute atomic E-state index is 13.4. The molecule has 1 aliphatic carbocycles. The Morgan fingerprint density at radius 1 is 1.13 bits per heavy atom. The topological polar surface area (TPSA) is 97.0 Å². The number of nitrogens with zero attached hydrogens (tertiary/aromatic N) is 1. The van der Waals surface area contributed by atoms with Crippen LogP contribution >= 0.6 is 0 Å². The van der Waals surface area contributed by atoms with Gasteiger partial charge in [0.05, 0.1) is 31.7 Å². The first-order valence-electron chi connectivity index (χ1n) is 10.4. The Bertz CT molecular complexity index is 1050. The maximum atomic E-state index is 13.4. The van der Waals surface area contributed by atoms with Crippen molar-refractivity contribution >= 4 is 33.0 Å². The molecule has 0 spiro atoms. The molecular weight excluding hydrogens is 418 g/mol. The van der Waals surface area contributed by atoms with Gasteiger partial charge in [0.2, 0.25) is 5.91 Å². The molecule has 0 unspecified atom stereocenters. The van der Waals surface area contributed by atoms with Crippen molar-refractivity contribution in [2.24, 2.45) is 5.92 Å². The Balaban J connectivity index is 1.68. The van der Waals surface area contributed by atoms with Gasteiger partial charge in [0.25, 0.3) is 10.0 Å². The molecule has 0 bridgehead atoms. The summed E-state index contributed by atoms with van der Waals surface area (Å²) in [6, 6.07) is 11.9. The summed E-state index contributed by atoms with van der Waals surface area (Å²) in [5.41, 5.74) is 1.39. The average Bonchev–Trinajstić information content (AvgIpc) is 2.73. The smallest absolute Gasteiger partial charge is 0.264 e. The molecule has 9 heteroatoms. The number of hydrogen-bond acceptors (Lipinski definition) is 6. The van der Waals surface area contributed by atoms with E-state index in [1.165, 1.54) is 13.2 Å². The van der Waals surface area contributed by atoms with Crippen molar-refractivity contribution in [2.45, 2.75) is 24.2 Å². The van der Waals surface area contributed by atoms with Crippen LogP contribution in [0.5, 0.6) is 5.75 Å². The third-order valence-electron chi connectivity index (χ3n) is 5.70. The fourth-order valence-corrected chi connectivity index (χ4v) is 5.04. The van der Waals surface area contributed by atoms with Crippen LogP contribution in [0.3, 0.4) is 0 Å². The van der Waals surface area contributed by atoms with Crippen molar-refractivity contribution in [1.29, 1.82) is 0 Å². The highest BCUT2D eigenvalue weighted by atomic mass is 32.2. The lowest BCUT2D eigenvalue weighted by Gasteiger charge is -2.31. The van der Waals surface area contributed by atoms with Crippen molar-refractivity contribution < 1.29 is 22.7 Å². The fourth-order valence-electron chi connectivity index (χ4n) is 3.72. The summed E-state index contributed by atoms with van der Waals surface area (Å²) >= 11 is 0. The SMILES string of the molecule is COc1ccccc1NS(=O)(=O)c1cc(NC(=O)C2CCC2)ccc1N1CCOCC1. The number of para-hydroxylation sites is 2. The Kier molecular flexibility index (Phi) is 6.33. The lowest BCUT2D eigenvalue weighted by molar-refractivity contribution is -0.122. The summed E-state index contributed by atoms with van der Waals surface area (Å²) in [4.78, 5) is 14.5. The maximum Gasteiger partial charge on any atom is 0.264 e. The molecule has 2 fully saturated rings. The van der Waals surface area contributed by atoms with E-state index in [4.69, 9.17) is 9.47 Å². The van der Waals surface area contributed by atoms with E-state index < -0.39 is 10.0 Å². The normalized spacial score (nSPS) is 17.0. The van der Waals surface area contributed by atoms with Crippen molar-refractivity contribution in [3.8, 4) is 5.75 Å². The number of methoxy groups -OCH3 is 1. The van der Waals surface area contributed by atoms with Crippen LogP contribution in [0.4, 0.5) is 17.1 Å². The Morgan fingerprint density at radius 2 is 1.87 bits per heavy atom. The van der Waals surface area contributed by atoms with Crippen LogP contribution in [0.25, 0.3) is 0 Å². The first-order chi connectivity index (χ1) is 15.0. The summed E-state index contributed by atoms with van der Waals surface area (Å²) in [5, 5.41) is 2.87. The number of anilines is 3. The van der Waals surface area contributed by atoms with Gasteiger partial charge in [-0.25, -0.2) is 8.42 Å². The molecule has 0 atom stereocenters. The van der Waals surface area contributed by atoms with Gasteiger partial charge in [-0.1, -0.05) is 18.6 Å². The molecule has 1 aliphatic heterocycles. The molecule has 2 aromatic rings. The fraction of sp³-hybridized carbons (Fsp3) is 0.409. The number of sulfonamides is 1. The van der Waals surface area contributed by atoms with E-state index in [1.54, 1.807) is 36.4 Å². The Labute approximate surface area is 182 Å². The largest absolute Gasteiger partial charge is 0.495 e. The molecule has 31 heavy (non-hydrogen) atoms. The quantitative estimate of drug-likeness (QED) is 0.680. The van der Waals surface area contributed by atoms with Crippen molar-refractivity contribution in [3.63, 3.8) is 0 Å². The lowest BCUT2D eigenvalue weighted by Crippen LogP contribution is -2.37. The van der Waals surface area contributed by atoms with Crippen LogP contribution in [0.15, 0.2) is 47.4 Å². The molecular formula is C22H27N3O5S. The molecule has 0 radical (unpaired) electrons. The predicted molar refractivity (Wildman–Crippen MR) is 119 cm³/mol. The van der Waals surface area contributed by atoms with E-state index in [-0.39, 0.29) is 16.7 Å². The average molecular weight is 446 g/mol. The van der Waals surface area contributed by atoms with Gasteiger partial charge in [-0.05, 0) is 43.2 Å². The van der Waals surface area contributed by atoms with Crippen LogP contribution in [0.1, 0.15) is 19.3 Å². The molecule has 2 aliphatic rings. The van der Waals surface area contributed by atoms with Crippen molar-refractivity contribution in [3.05, 3.63) is 42.5 Å². The highest BCUT2D eigenvalue weighted by molar-refractivity contribution is 7.93. The van der Waals surface area contributed by atoms with Gasteiger partial charge in [0, 0.05) is 24.7 Å². The molecule has 166 valence electrons. The summed E-state index contributed by atoms with van der Waals surface area (Å²) in [6.45, 7) is 2.23. The zero-order valence-corrected chi connectivity index (χ0v) is 18.3. The van der Waals surface area contributed by atoms with E-state index in [1.807, 2.05) is 4.90 Å². The highest BCUT2D eigenvalue weighted by Crippen LogP contribution is 2.34. The van der Waals surface area contributed by atoms with Gasteiger partial charge >= 0.3 is 0 Å². The second-order valence-electron chi connectivity index (χ2n) is 7.70. The molecule has 8 nitrogen and oxygen atoms in total. The number of ether oxygens (including phenoxy) is 2. The van der Waals surface area contributed by atoms with Crippen molar-refractivity contribution in [2.75, 3.05) is 48.4 Å². The number of nitrogens with one attached hydrogen (secondary N) is 2. The number of morpholine rings is 1. The van der Waals surface area contributed by atoms with Gasteiger partial charge in [-0.2, -0.15) is 0 Å². The monoisotopic (exact) mass is 445 g/mol. The number of carbonyl (C=O) groups is 1. The van der Waals surface area contributed by atoms with E-state index in [2.05, 4.69) is 10.0 Å². The van der Waals surface area contributed by atoms with Crippen molar-refractivity contribution in [1.82, 2.24) is 0 Å². The predicted octanol–water partition coefficient (Wildman–Crippen LogP) is 3.07. The Morgan fingerprint density at radius 3 is 2.55 bits per heavy atom. The number of hydrogen-bond donors (Lipinski definition) is 2. The van der Waals surface area contributed by atoms with E-state index in [0.717, 1.165) is 19.3 Å². The highest BCUT2D eigenvalue weighted by Gasteiger charge is 2.28. The van der Waals surface area contributed by atoms with Gasteiger partial charge in [0.15, 0.2) is 0 Å². The first-order valence-corrected chi connectivity index (χ1v) is 11.9. The number of amides is 1. The molecule has 0 aromatic heterocycles. The third-order valence-corrected chi connectivity index (χ3v) is 7.09. The molecule has 2 aromatic carbocycles. The minimum Gasteiger partial charge on any atom is -0.495 e. The zero-order valence-electron chi connectivity index (χ0n) is 17.5. The third kappa shape index (κ3) is 4.77. The minimum absolute atomic E-state index is 0.00526. The zero-order chi connectivity index (χ0) is 21.8. The van der Waals surface area contributed by atoms with E-state index >= 15 is 0 Å². The second kappa shape index (κ2) is 9.15. The van der Waals surface area contributed by atoms with Gasteiger partial charge in [0.1, 0.15) is 10.6 Å². The molecule has 1 saturated carbocycles. The summed E-state index contributed by atoms with van der Waals surface area (Å²) in [5.74, 6) is 0.366. The van der Waals surface area contributed by atoms with Crippen LogP contribution in [0.2, 0.25) is 0 Å². The summed E-state index contributed by atoms with van der Waals surface area (Å²) in [6.07, 6.45) is 2.80. The van der Waals surface area contributed by atoms with Gasteiger partial charge < -0.3 is 19.7 Å². The lowest BCUT2D eigenvalue weighted by atomic mass is 9.85. The number of rotatable bonds is 7. The van der Waals surface area contributed by atoms with Gasteiger partial charge in [-0.15, -0.1) is 0 Å².